The fourth-order valence-corrected chi connectivity index (χ4v) is 2.72. The van der Waals surface area contributed by atoms with Crippen LogP contribution in [-0.2, 0) is 4.74 Å². The van der Waals surface area contributed by atoms with E-state index in [0.717, 1.165) is 22.8 Å². The highest BCUT2D eigenvalue weighted by Gasteiger charge is 2.23. The molecule has 1 aromatic carbocycles. The van der Waals surface area contributed by atoms with Crippen molar-refractivity contribution in [2.75, 3.05) is 24.6 Å². The normalized spacial score (nSPS) is 13.2. The van der Waals surface area contributed by atoms with Gasteiger partial charge in [-0.25, -0.2) is 4.79 Å². The number of anilines is 1. The summed E-state index contributed by atoms with van der Waals surface area (Å²) in [5.41, 5.74) is 2.20. The van der Waals surface area contributed by atoms with Crippen LogP contribution in [0.1, 0.15) is 20.9 Å². The maximum Gasteiger partial charge on any atom is 0.414 e. The number of nitrogens with zero attached hydrogens (tertiary/aromatic N) is 3. The van der Waals surface area contributed by atoms with E-state index in [2.05, 4.69) is 26.7 Å². The molecule has 0 bridgehead atoms. The number of carbonyl (C=O) groups excluding carboxylic acids is 2. The van der Waals surface area contributed by atoms with Gasteiger partial charge in [0, 0.05) is 11.3 Å². The zero-order valence-electron chi connectivity index (χ0n) is 12.9. The Kier molecular flexibility index (Phi) is 4.72. The predicted octanol–water partition coefficient (Wildman–Crippen LogP) is 1.58. The Hall–Kier alpha value is -2.92. The van der Waals surface area contributed by atoms with E-state index in [1.807, 2.05) is 24.3 Å². The minimum Gasteiger partial charge on any atom is -0.447 e. The third-order valence-corrected chi connectivity index (χ3v) is 4.19. The molecule has 0 unspecified atom stereocenters. The molecule has 8 heteroatoms. The average molecular weight is 342 g/mol. The summed E-state index contributed by atoms with van der Waals surface area (Å²) in [4.78, 5) is 25.4. The third kappa shape index (κ3) is 3.52. The highest BCUT2D eigenvalue weighted by molar-refractivity contribution is 7.08. The first kappa shape index (κ1) is 16.0. The van der Waals surface area contributed by atoms with Gasteiger partial charge in [-0.05, 0) is 42.7 Å². The number of rotatable bonds is 3. The number of hydrogen-bond donors (Lipinski definition) is 1. The van der Waals surface area contributed by atoms with Crippen LogP contribution in [-0.4, -0.2) is 41.3 Å². The molecule has 7 nitrogen and oxygen atoms in total. The lowest BCUT2D eigenvalue weighted by Gasteiger charge is -2.11. The van der Waals surface area contributed by atoms with Gasteiger partial charge in [0.1, 0.15) is 11.5 Å². The van der Waals surface area contributed by atoms with Crippen molar-refractivity contribution < 1.29 is 14.3 Å². The first-order valence-corrected chi connectivity index (χ1v) is 8.03. The minimum atomic E-state index is -0.329. The first-order chi connectivity index (χ1) is 11.6. The van der Waals surface area contributed by atoms with Crippen molar-refractivity contribution in [2.24, 2.45) is 0 Å². The number of benzene rings is 1. The van der Waals surface area contributed by atoms with Crippen molar-refractivity contribution in [1.29, 1.82) is 0 Å². The standard InChI is InChI=1S/C16H14N4O3S/c1-11-14(24-19-18-11)15(21)17-8-2-3-12-4-6-13(7-5-12)20-9-10-23-16(20)22/h4-7H,8-10H2,1H3,(H,17,21). The molecule has 24 heavy (non-hydrogen) atoms. The summed E-state index contributed by atoms with van der Waals surface area (Å²) in [5, 5.41) is 6.50. The summed E-state index contributed by atoms with van der Waals surface area (Å²) >= 11 is 1.06. The zero-order valence-corrected chi connectivity index (χ0v) is 13.7. The molecule has 0 radical (unpaired) electrons. The topological polar surface area (TPSA) is 84.4 Å². The number of aromatic nitrogens is 2. The van der Waals surface area contributed by atoms with Crippen LogP contribution in [0.4, 0.5) is 10.5 Å². The SMILES string of the molecule is Cc1nnsc1C(=O)NCC#Cc1ccc(N2CCOC2=O)cc1. The Labute approximate surface area is 142 Å². The highest BCUT2D eigenvalue weighted by Crippen LogP contribution is 2.18. The van der Waals surface area contributed by atoms with Gasteiger partial charge in [0.2, 0.25) is 0 Å². The van der Waals surface area contributed by atoms with E-state index in [1.165, 1.54) is 0 Å². The molecule has 3 rings (SSSR count). The van der Waals surface area contributed by atoms with Crippen molar-refractivity contribution in [2.45, 2.75) is 6.92 Å². The van der Waals surface area contributed by atoms with Crippen molar-refractivity contribution in [3.8, 4) is 11.8 Å². The van der Waals surface area contributed by atoms with Gasteiger partial charge in [-0.1, -0.05) is 16.3 Å². The van der Waals surface area contributed by atoms with E-state index < -0.39 is 0 Å². The van der Waals surface area contributed by atoms with Gasteiger partial charge in [0.25, 0.3) is 5.91 Å². The van der Waals surface area contributed by atoms with Crippen LogP contribution in [0.5, 0.6) is 0 Å². The van der Waals surface area contributed by atoms with Crippen LogP contribution < -0.4 is 10.2 Å². The predicted molar refractivity (Wildman–Crippen MR) is 89.0 cm³/mol. The largest absolute Gasteiger partial charge is 0.447 e. The summed E-state index contributed by atoms with van der Waals surface area (Å²) in [6.45, 7) is 2.94. The number of nitrogens with one attached hydrogen (secondary N) is 1. The molecule has 122 valence electrons. The quantitative estimate of drug-likeness (QED) is 0.856. The highest BCUT2D eigenvalue weighted by atomic mass is 32.1. The molecule has 1 aliphatic rings. The maximum atomic E-state index is 11.9. The molecule has 1 saturated heterocycles. The molecule has 2 amide bonds. The summed E-state index contributed by atoms with van der Waals surface area (Å²) in [5.74, 6) is 5.63. The van der Waals surface area contributed by atoms with Crippen LogP contribution in [0.3, 0.4) is 0 Å². The molecule has 0 atom stereocenters. The molecule has 1 fully saturated rings. The van der Waals surface area contributed by atoms with Crippen LogP contribution in [0.15, 0.2) is 24.3 Å². The molecular formula is C16H14N4O3S. The number of aryl methyl sites for hydroxylation is 1. The number of carbonyl (C=O) groups is 2. The Balaban J connectivity index is 1.55. The monoisotopic (exact) mass is 342 g/mol. The van der Waals surface area contributed by atoms with Gasteiger partial charge in [-0.3, -0.25) is 9.69 Å². The average Bonchev–Trinajstić information content (AvgIpc) is 3.20. The van der Waals surface area contributed by atoms with Crippen molar-refractivity contribution in [1.82, 2.24) is 14.9 Å². The molecule has 2 heterocycles. The maximum absolute atomic E-state index is 11.9. The van der Waals surface area contributed by atoms with E-state index in [9.17, 15) is 9.59 Å². The third-order valence-electron chi connectivity index (χ3n) is 3.37. The molecule has 2 aromatic rings. The molecule has 1 aliphatic heterocycles. The lowest BCUT2D eigenvalue weighted by atomic mass is 10.2. The summed E-state index contributed by atoms with van der Waals surface area (Å²) in [7, 11) is 0. The smallest absolute Gasteiger partial charge is 0.414 e. The van der Waals surface area contributed by atoms with Crippen molar-refractivity contribution in [3.05, 3.63) is 40.4 Å². The molecular weight excluding hydrogens is 328 g/mol. The van der Waals surface area contributed by atoms with Gasteiger partial charge in [-0.2, -0.15) is 0 Å². The minimum absolute atomic E-state index is 0.223. The fraction of sp³-hybridized carbons (Fsp3) is 0.250. The Morgan fingerprint density at radius 2 is 2.21 bits per heavy atom. The van der Waals surface area contributed by atoms with Crippen LogP contribution >= 0.6 is 11.5 Å². The van der Waals surface area contributed by atoms with Crippen LogP contribution in [0.25, 0.3) is 0 Å². The van der Waals surface area contributed by atoms with E-state index in [0.29, 0.717) is 23.7 Å². The lowest BCUT2D eigenvalue weighted by Crippen LogP contribution is -2.23. The Bertz CT molecular complexity index is 820. The van der Waals surface area contributed by atoms with Gasteiger partial charge in [-0.15, -0.1) is 5.10 Å². The molecule has 0 saturated carbocycles. The van der Waals surface area contributed by atoms with Gasteiger partial charge >= 0.3 is 6.09 Å². The van der Waals surface area contributed by atoms with E-state index in [4.69, 9.17) is 4.74 Å². The summed E-state index contributed by atoms with van der Waals surface area (Å²) < 4.78 is 8.62. The molecule has 0 spiro atoms. The first-order valence-electron chi connectivity index (χ1n) is 7.25. The number of ether oxygens (including phenoxy) is 1. The second-order valence-corrected chi connectivity index (χ2v) is 5.74. The second-order valence-electron chi connectivity index (χ2n) is 4.98. The second kappa shape index (κ2) is 7.10. The summed E-state index contributed by atoms with van der Waals surface area (Å²) in [6, 6.07) is 7.29. The van der Waals surface area contributed by atoms with E-state index in [1.54, 1.807) is 11.8 Å². The lowest BCUT2D eigenvalue weighted by molar-refractivity contribution is 0.0962. The number of hydrogen-bond acceptors (Lipinski definition) is 6. The van der Waals surface area contributed by atoms with Crippen LogP contribution in [0, 0.1) is 18.8 Å². The number of cyclic esters (lactones) is 1. The van der Waals surface area contributed by atoms with Gasteiger partial charge in [0.05, 0.1) is 18.8 Å². The molecule has 0 aliphatic carbocycles. The van der Waals surface area contributed by atoms with Crippen molar-refractivity contribution >= 4 is 29.2 Å². The Morgan fingerprint density at radius 3 is 2.83 bits per heavy atom. The van der Waals surface area contributed by atoms with Gasteiger partial charge in [0.15, 0.2) is 0 Å². The Morgan fingerprint density at radius 1 is 1.42 bits per heavy atom. The van der Waals surface area contributed by atoms with Gasteiger partial charge < -0.3 is 10.1 Å². The van der Waals surface area contributed by atoms with E-state index >= 15 is 0 Å². The summed E-state index contributed by atoms with van der Waals surface area (Å²) in [6.07, 6.45) is -0.329. The molecule has 1 aromatic heterocycles. The zero-order chi connectivity index (χ0) is 16.9. The fourth-order valence-electron chi connectivity index (χ4n) is 2.14. The van der Waals surface area contributed by atoms with Crippen LogP contribution in [0.2, 0.25) is 0 Å². The van der Waals surface area contributed by atoms with E-state index in [-0.39, 0.29) is 18.5 Å². The number of amides is 2. The molecule has 1 N–H and O–H groups in total. The van der Waals surface area contributed by atoms with Crippen molar-refractivity contribution in [3.63, 3.8) is 0 Å².